The zero-order chi connectivity index (χ0) is 6.74. The van der Waals surface area contributed by atoms with Crippen LogP contribution >= 0.6 is 0 Å². The predicted molar refractivity (Wildman–Crippen MR) is 40.0 cm³/mol. The lowest BCUT2D eigenvalue weighted by Crippen LogP contribution is -2.47. The van der Waals surface area contributed by atoms with Crippen LogP contribution in [0.5, 0.6) is 0 Å². The maximum absolute atomic E-state index is 3.95. The SMILES string of the molecule is [CH2]C[N+]1(C)CCCCC1. The van der Waals surface area contributed by atoms with Gasteiger partial charge in [0.25, 0.3) is 0 Å². The Labute approximate surface area is 58.3 Å². The van der Waals surface area contributed by atoms with Crippen LogP contribution in [-0.4, -0.2) is 31.2 Å². The van der Waals surface area contributed by atoms with Crippen LogP contribution in [0.15, 0.2) is 0 Å². The Hall–Kier alpha value is -0.0400. The smallest absolute Gasteiger partial charge is 0.0786 e. The molecule has 1 heteroatoms. The van der Waals surface area contributed by atoms with Crippen molar-refractivity contribution in [1.29, 1.82) is 0 Å². The van der Waals surface area contributed by atoms with Crippen molar-refractivity contribution in [3.63, 3.8) is 0 Å². The fourth-order valence-electron chi connectivity index (χ4n) is 1.50. The van der Waals surface area contributed by atoms with E-state index in [1.807, 2.05) is 0 Å². The second kappa shape index (κ2) is 2.70. The van der Waals surface area contributed by atoms with Crippen molar-refractivity contribution < 1.29 is 4.48 Å². The molecule has 0 amide bonds. The highest BCUT2D eigenvalue weighted by Crippen LogP contribution is 2.14. The summed E-state index contributed by atoms with van der Waals surface area (Å²) in [4.78, 5) is 0. The molecule has 0 aromatic heterocycles. The van der Waals surface area contributed by atoms with Gasteiger partial charge in [0.1, 0.15) is 0 Å². The zero-order valence-electron chi connectivity index (χ0n) is 6.40. The fraction of sp³-hybridized carbons (Fsp3) is 0.875. The van der Waals surface area contributed by atoms with E-state index in [1.165, 1.54) is 36.8 Å². The number of nitrogens with zero attached hydrogens (tertiary/aromatic N) is 1. The minimum absolute atomic E-state index is 1.07. The largest absolute Gasteiger partial charge is 0.326 e. The molecule has 1 saturated heterocycles. The average Bonchev–Trinajstić information content (AvgIpc) is 1.90. The van der Waals surface area contributed by atoms with Crippen LogP contribution in [0.4, 0.5) is 0 Å². The summed E-state index contributed by atoms with van der Waals surface area (Å²) in [6.45, 7) is 7.72. The van der Waals surface area contributed by atoms with Gasteiger partial charge >= 0.3 is 0 Å². The Bertz CT molecular complexity index is 82.6. The van der Waals surface area contributed by atoms with Crippen LogP contribution < -0.4 is 0 Å². The fourth-order valence-corrected chi connectivity index (χ4v) is 1.50. The molecular formula is C8H17N+. The highest BCUT2D eigenvalue weighted by molar-refractivity contribution is 4.51. The molecule has 1 fully saturated rings. The van der Waals surface area contributed by atoms with Gasteiger partial charge in [0.15, 0.2) is 0 Å². The highest BCUT2D eigenvalue weighted by atomic mass is 15.3. The van der Waals surface area contributed by atoms with E-state index in [0.29, 0.717) is 0 Å². The van der Waals surface area contributed by atoms with E-state index in [1.54, 1.807) is 0 Å². The van der Waals surface area contributed by atoms with Crippen molar-refractivity contribution in [3.8, 4) is 0 Å². The summed E-state index contributed by atoms with van der Waals surface area (Å²) < 4.78 is 1.21. The molecule has 0 saturated carbocycles. The zero-order valence-corrected chi connectivity index (χ0v) is 6.40. The standard InChI is InChI=1S/C8H17N/c1-3-9(2)7-5-4-6-8-9/h1,3-8H2,2H3/q+1. The molecule has 0 bridgehead atoms. The van der Waals surface area contributed by atoms with Crippen LogP contribution in [0.1, 0.15) is 19.3 Å². The maximum Gasteiger partial charge on any atom is 0.0786 e. The third-order valence-electron chi connectivity index (χ3n) is 2.44. The molecule has 53 valence electrons. The van der Waals surface area contributed by atoms with Gasteiger partial charge in [0.2, 0.25) is 0 Å². The summed E-state index contributed by atoms with van der Waals surface area (Å²) >= 11 is 0. The van der Waals surface area contributed by atoms with Crippen molar-refractivity contribution >= 4 is 0 Å². The first-order chi connectivity index (χ1) is 4.27. The van der Waals surface area contributed by atoms with Crippen molar-refractivity contribution in [2.45, 2.75) is 19.3 Å². The van der Waals surface area contributed by atoms with Crippen molar-refractivity contribution in [2.24, 2.45) is 0 Å². The number of quaternary nitrogens is 1. The van der Waals surface area contributed by atoms with E-state index in [2.05, 4.69) is 14.0 Å². The molecule has 0 unspecified atom stereocenters. The molecule has 0 aliphatic carbocycles. The number of hydrogen-bond acceptors (Lipinski definition) is 0. The molecule has 1 aliphatic heterocycles. The molecule has 0 aromatic rings. The molecule has 0 atom stereocenters. The van der Waals surface area contributed by atoms with E-state index >= 15 is 0 Å². The Morgan fingerprint density at radius 2 is 1.78 bits per heavy atom. The second-order valence-corrected chi connectivity index (χ2v) is 3.35. The molecule has 0 aromatic carbocycles. The number of rotatable bonds is 1. The van der Waals surface area contributed by atoms with Gasteiger partial charge in [0.05, 0.1) is 26.7 Å². The average molecular weight is 127 g/mol. The van der Waals surface area contributed by atoms with E-state index in [-0.39, 0.29) is 0 Å². The van der Waals surface area contributed by atoms with Gasteiger partial charge in [-0.1, -0.05) is 0 Å². The minimum Gasteiger partial charge on any atom is -0.326 e. The first kappa shape index (κ1) is 7.07. The summed E-state index contributed by atoms with van der Waals surface area (Å²) in [6.07, 6.45) is 4.26. The molecular weight excluding hydrogens is 110 g/mol. The van der Waals surface area contributed by atoms with E-state index in [0.717, 1.165) is 6.54 Å². The van der Waals surface area contributed by atoms with Gasteiger partial charge in [-0.25, -0.2) is 0 Å². The highest BCUT2D eigenvalue weighted by Gasteiger charge is 2.21. The molecule has 1 heterocycles. The Morgan fingerprint density at radius 1 is 1.22 bits per heavy atom. The minimum atomic E-state index is 1.07. The van der Waals surface area contributed by atoms with Crippen molar-refractivity contribution in [3.05, 3.63) is 6.92 Å². The third kappa shape index (κ3) is 1.68. The number of likely N-dealkylation sites (tertiary alicyclic amines) is 1. The van der Waals surface area contributed by atoms with Crippen LogP contribution in [0.3, 0.4) is 0 Å². The lowest BCUT2D eigenvalue weighted by atomic mass is 10.1. The van der Waals surface area contributed by atoms with Crippen LogP contribution in [-0.2, 0) is 0 Å². The van der Waals surface area contributed by atoms with Crippen LogP contribution in [0.2, 0.25) is 0 Å². The quantitative estimate of drug-likeness (QED) is 0.468. The summed E-state index contributed by atoms with van der Waals surface area (Å²) in [5, 5.41) is 0. The van der Waals surface area contributed by atoms with Gasteiger partial charge in [-0.15, -0.1) is 0 Å². The Morgan fingerprint density at radius 3 is 2.11 bits per heavy atom. The second-order valence-electron chi connectivity index (χ2n) is 3.35. The van der Waals surface area contributed by atoms with Gasteiger partial charge in [0, 0.05) is 6.92 Å². The summed E-state index contributed by atoms with van der Waals surface area (Å²) in [5.74, 6) is 0. The number of piperidine rings is 1. The van der Waals surface area contributed by atoms with Crippen molar-refractivity contribution in [2.75, 3.05) is 26.7 Å². The maximum atomic E-state index is 3.95. The van der Waals surface area contributed by atoms with Gasteiger partial charge in [-0.3, -0.25) is 0 Å². The normalized spacial score (nSPS) is 26.0. The summed E-state index contributed by atoms with van der Waals surface area (Å²) in [7, 11) is 2.31. The lowest BCUT2D eigenvalue weighted by Gasteiger charge is -2.36. The van der Waals surface area contributed by atoms with Crippen LogP contribution in [0.25, 0.3) is 0 Å². The van der Waals surface area contributed by atoms with E-state index in [4.69, 9.17) is 0 Å². The van der Waals surface area contributed by atoms with E-state index in [9.17, 15) is 0 Å². The van der Waals surface area contributed by atoms with Crippen LogP contribution in [0, 0.1) is 6.92 Å². The first-order valence-electron chi connectivity index (χ1n) is 3.90. The monoisotopic (exact) mass is 127 g/mol. The third-order valence-corrected chi connectivity index (χ3v) is 2.44. The first-order valence-corrected chi connectivity index (χ1v) is 3.90. The van der Waals surface area contributed by atoms with Gasteiger partial charge < -0.3 is 4.48 Å². The lowest BCUT2D eigenvalue weighted by molar-refractivity contribution is -0.909. The van der Waals surface area contributed by atoms with Gasteiger partial charge in [-0.05, 0) is 19.3 Å². The summed E-state index contributed by atoms with van der Waals surface area (Å²) in [5.41, 5.74) is 0. The molecule has 1 nitrogen and oxygen atoms in total. The molecule has 1 aliphatic rings. The molecule has 0 spiro atoms. The topological polar surface area (TPSA) is 0 Å². The number of hydrogen-bond donors (Lipinski definition) is 0. The predicted octanol–water partition coefficient (Wildman–Crippen LogP) is 1.45. The van der Waals surface area contributed by atoms with Gasteiger partial charge in [-0.2, -0.15) is 0 Å². The molecule has 1 radical (unpaired) electrons. The summed E-state index contributed by atoms with van der Waals surface area (Å²) in [6, 6.07) is 0. The molecule has 9 heavy (non-hydrogen) atoms. The Kier molecular flexibility index (Phi) is 2.12. The Balaban J connectivity index is 2.37. The van der Waals surface area contributed by atoms with Crippen molar-refractivity contribution in [1.82, 2.24) is 0 Å². The molecule has 0 N–H and O–H groups in total. The molecule has 1 rings (SSSR count). The van der Waals surface area contributed by atoms with E-state index < -0.39 is 0 Å².